The van der Waals surface area contributed by atoms with Crippen LogP contribution < -0.4 is 14.9 Å². The van der Waals surface area contributed by atoms with Gasteiger partial charge in [-0.05, 0) is 24.3 Å². The standard InChI is InChI=1S/C22H22O10/c1-29-12-6-15-18(13(25)8-14(30-15)10-2-4-11(24)5-3-10)16(7-12)31-22-21(28)20(27)19(26)17(9-23)32-22/h2-8,17,19-24,26-28H,9H2,1H3. The van der Waals surface area contributed by atoms with Gasteiger partial charge in [0, 0.05) is 23.8 Å². The normalized spacial score (nSPS) is 25.6. The smallest absolute Gasteiger partial charge is 0.229 e. The predicted octanol–water partition coefficient (Wildman–Crippen LogP) is 0.353. The van der Waals surface area contributed by atoms with E-state index in [0.29, 0.717) is 5.56 Å². The molecule has 32 heavy (non-hydrogen) atoms. The molecule has 1 aliphatic heterocycles. The third-order valence-corrected chi connectivity index (χ3v) is 5.25. The fourth-order valence-electron chi connectivity index (χ4n) is 3.50. The van der Waals surface area contributed by atoms with Crippen LogP contribution in [0.15, 0.2) is 51.7 Å². The first-order chi connectivity index (χ1) is 15.3. The summed E-state index contributed by atoms with van der Waals surface area (Å²) in [6, 6.07) is 10.2. The van der Waals surface area contributed by atoms with Gasteiger partial charge >= 0.3 is 0 Å². The number of benzene rings is 2. The molecule has 0 bridgehead atoms. The summed E-state index contributed by atoms with van der Waals surface area (Å²) < 4.78 is 22.2. The molecule has 1 saturated heterocycles. The zero-order chi connectivity index (χ0) is 23.0. The maximum Gasteiger partial charge on any atom is 0.229 e. The van der Waals surface area contributed by atoms with Crippen molar-refractivity contribution in [1.82, 2.24) is 0 Å². The fourth-order valence-corrected chi connectivity index (χ4v) is 3.50. The number of aliphatic hydroxyl groups excluding tert-OH is 4. The van der Waals surface area contributed by atoms with Gasteiger partial charge in [0.2, 0.25) is 6.29 Å². The lowest BCUT2D eigenvalue weighted by Crippen LogP contribution is -2.60. The molecule has 0 radical (unpaired) electrons. The minimum absolute atomic E-state index is 0.0327. The summed E-state index contributed by atoms with van der Waals surface area (Å²) >= 11 is 0. The van der Waals surface area contributed by atoms with Crippen molar-refractivity contribution in [3.8, 4) is 28.6 Å². The highest BCUT2D eigenvalue weighted by molar-refractivity contribution is 5.86. The average molecular weight is 446 g/mol. The van der Waals surface area contributed by atoms with Crippen LogP contribution in [0, 0.1) is 0 Å². The van der Waals surface area contributed by atoms with E-state index in [1.165, 1.54) is 37.4 Å². The second kappa shape index (κ2) is 8.77. The monoisotopic (exact) mass is 446 g/mol. The fraction of sp³-hybridized carbons (Fsp3) is 0.318. The summed E-state index contributed by atoms with van der Waals surface area (Å²) in [5, 5.41) is 49.1. The number of aliphatic hydroxyl groups is 4. The number of phenolic OH excluding ortho intramolecular Hbond substituents is 1. The van der Waals surface area contributed by atoms with E-state index in [-0.39, 0.29) is 34.0 Å². The second-order valence-corrected chi connectivity index (χ2v) is 7.34. The van der Waals surface area contributed by atoms with E-state index in [0.717, 1.165) is 0 Å². The van der Waals surface area contributed by atoms with Crippen molar-refractivity contribution in [3.05, 3.63) is 52.7 Å². The molecule has 170 valence electrons. The molecule has 10 heteroatoms. The molecular weight excluding hydrogens is 424 g/mol. The van der Waals surface area contributed by atoms with Gasteiger partial charge in [0.05, 0.1) is 13.7 Å². The number of hydrogen-bond donors (Lipinski definition) is 5. The summed E-state index contributed by atoms with van der Waals surface area (Å²) in [5.41, 5.74) is 0.220. The van der Waals surface area contributed by atoms with E-state index >= 15 is 0 Å². The molecule has 2 heterocycles. The van der Waals surface area contributed by atoms with Crippen molar-refractivity contribution >= 4 is 11.0 Å². The van der Waals surface area contributed by atoms with Gasteiger partial charge in [-0.2, -0.15) is 0 Å². The molecule has 5 N–H and O–H groups in total. The van der Waals surface area contributed by atoms with Gasteiger partial charge in [-0.1, -0.05) is 0 Å². The van der Waals surface area contributed by atoms with Crippen LogP contribution in [-0.2, 0) is 4.74 Å². The van der Waals surface area contributed by atoms with Gasteiger partial charge in [0.15, 0.2) is 5.43 Å². The third-order valence-electron chi connectivity index (χ3n) is 5.25. The lowest BCUT2D eigenvalue weighted by atomic mass is 9.99. The van der Waals surface area contributed by atoms with Gasteiger partial charge in [-0.3, -0.25) is 4.79 Å². The van der Waals surface area contributed by atoms with Crippen LogP contribution in [0.2, 0.25) is 0 Å². The lowest BCUT2D eigenvalue weighted by Gasteiger charge is -2.39. The Morgan fingerprint density at radius 1 is 1.00 bits per heavy atom. The van der Waals surface area contributed by atoms with E-state index < -0.39 is 42.7 Å². The van der Waals surface area contributed by atoms with Crippen molar-refractivity contribution < 1.29 is 44.2 Å². The molecule has 0 amide bonds. The zero-order valence-corrected chi connectivity index (χ0v) is 16.9. The van der Waals surface area contributed by atoms with Gasteiger partial charge in [-0.25, -0.2) is 0 Å². The minimum atomic E-state index is -1.66. The van der Waals surface area contributed by atoms with E-state index in [4.69, 9.17) is 18.6 Å². The number of ether oxygens (including phenoxy) is 3. The first-order valence-electron chi connectivity index (χ1n) is 9.75. The van der Waals surface area contributed by atoms with Crippen molar-refractivity contribution in [2.45, 2.75) is 30.7 Å². The van der Waals surface area contributed by atoms with Crippen molar-refractivity contribution in [1.29, 1.82) is 0 Å². The number of phenols is 1. The Balaban J connectivity index is 1.77. The SMILES string of the molecule is COc1cc(OC2OC(CO)C(O)C(O)C2O)c2c(=O)cc(-c3ccc(O)cc3)oc2c1. The third kappa shape index (κ3) is 4.01. The number of methoxy groups -OCH3 is 1. The Kier molecular flexibility index (Phi) is 6.04. The summed E-state index contributed by atoms with van der Waals surface area (Å²) in [7, 11) is 1.40. The van der Waals surface area contributed by atoms with E-state index in [2.05, 4.69) is 0 Å². The summed E-state index contributed by atoms with van der Waals surface area (Å²) in [6.07, 6.45) is -7.50. The first kappa shape index (κ1) is 22.1. The van der Waals surface area contributed by atoms with Crippen molar-refractivity contribution in [2.24, 2.45) is 0 Å². The highest BCUT2D eigenvalue weighted by atomic mass is 16.7. The number of hydrogen-bond acceptors (Lipinski definition) is 10. The van der Waals surface area contributed by atoms with E-state index in [1.807, 2.05) is 0 Å². The topological polar surface area (TPSA) is 159 Å². The molecule has 1 aliphatic rings. The number of fused-ring (bicyclic) bond motifs is 1. The Labute approximate surface area is 181 Å². The first-order valence-corrected chi connectivity index (χ1v) is 9.75. The Bertz CT molecular complexity index is 1150. The molecule has 0 spiro atoms. The molecule has 1 fully saturated rings. The van der Waals surface area contributed by atoms with Crippen LogP contribution in [-0.4, -0.2) is 70.0 Å². The molecule has 0 aliphatic carbocycles. The Morgan fingerprint density at radius 3 is 2.38 bits per heavy atom. The van der Waals surface area contributed by atoms with Crippen LogP contribution in [0.25, 0.3) is 22.3 Å². The maximum atomic E-state index is 13.0. The van der Waals surface area contributed by atoms with Crippen LogP contribution in [0.1, 0.15) is 0 Å². The average Bonchev–Trinajstić information content (AvgIpc) is 2.79. The summed E-state index contributed by atoms with van der Waals surface area (Å²) in [5.74, 6) is 0.543. The highest BCUT2D eigenvalue weighted by Gasteiger charge is 2.45. The van der Waals surface area contributed by atoms with Gasteiger partial charge in [0.25, 0.3) is 0 Å². The van der Waals surface area contributed by atoms with Crippen molar-refractivity contribution in [3.63, 3.8) is 0 Å². The lowest BCUT2D eigenvalue weighted by molar-refractivity contribution is -0.277. The second-order valence-electron chi connectivity index (χ2n) is 7.34. The van der Waals surface area contributed by atoms with Crippen molar-refractivity contribution in [2.75, 3.05) is 13.7 Å². The van der Waals surface area contributed by atoms with Crippen LogP contribution in [0.5, 0.6) is 17.2 Å². The van der Waals surface area contributed by atoms with E-state index in [9.17, 15) is 30.3 Å². The predicted molar refractivity (Wildman–Crippen MR) is 111 cm³/mol. The van der Waals surface area contributed by atoms with Gasteiger partial charge in [0.1, 0.15) is 58.4 Å². The minimum Gasteiger partial charge on any atom is -0.508 e. The highest BCUT2D eigenvalue weighted by Crippen LogP contribution is 2.34. The molecule has 10 nitrogen and oxygen atoms in total. The number of aromatic hydroxyl groups is 1. The quantitative estimate of drug-likeness (QED) is 0.370. The Morgan fingerprint density at radius 2 is 1.72 bits per heavy atom. The molecule has 5 unspecified atom stereocenters. The van der Waals surface area contributed by atoms with Crippen LogP contribution >= 0.6 is 0 Å². The van der Waals surface area contributed by atoms with Crippen LogP contribution in [0.4, 0.5) is 0 Å². The molecule has 4 rings (SSSR count). The van der Waals surface area contributed by atoms with Gasteiger partial charge in [-0.15, -0.1) is 0 Å². The molecule has 1 aromatic heterocycles. The zero-order valence-electron chi connectivity index (χ0n) is 16.9. The molecule has 3 aromatic rings. The van der Waals surface area contributed by atoms with Gasteiger partial charge < -0.3 is 44.2 Å². The summed E-state index contributed by atoms with van der Waals surface area (Å²) in [4.78, 5) is 13.0. The molecular formula is C22H22O10. The van der Waals surface area contributed by atoms with E-state index in [1.54, 1.807) is 12.1 Å². The summed E-state index contributed by atoms with van der Waals surface area (Å²) in [6.45, 7) is -0.623. The molecule has 0 saturated carbocycles. The maximum absolute atomic E-state index is 13.0. The molecule has 2 aromatic carbocycles. The Hall–Kier alpha value is -3.15. The van der Waals surface area contributed by atoms with Crippen LogP contribution in [0.3, 0.4) is 0 Å². The molecule has 5 atom stereocenters. The number of rotatable bonds is 5. The largest absolute Gasteiger partial charge is 0.508 e.